The smallest absolute Gasteiger partial charge is 0.222 e. The number of aliphatic hydroxyl groups excluding tert-OH is 1. The highest BCUT2D eigenvalue weighted by Gasteiger charge is 2.17. The average Bonchev–Trinajstić information content (AvgIpc) is 2.43. The lowest BCUT2D eigenvalue weighted by atomic mass is 10.1. The number of rotatable bonds is 13. The fraction of sp³-hybridized carbons (Fsp3) is 0.941. The molecule has 0 aliphatic heterocycles. The zero-order valence-electron chi connectivity index (χ0n) is 14.7. The van der Waals surface area contributed by atoms with Crippen molar-refractivity contribution in [2.45, 2.75) is 58.3 Å². The molecule has 0 atom stereocenters. The molecule has 0 aromatic heterocycles. The Kier molecular flexibility index (Phi) is 11.6. The first kappa shape index (κ1) is 20.4. The van der Waals surface area contributed by atoms with E-state index in [1.54, 1.807) is 0 Å². The first-order chi connectivity index (χ1) is 9.93. The van der Waals surface area contributed by atoms with E-state index in [-0.39, 0.29) is 12.5 Å². The van der Waals surface area contributed by atoms with Crippen LogP contribution < -0.4 is 0 Å². The molecule has 0 aliphatic rings. The minimum absolute atomic E-state index is 0.197. The number of likely N-dealkylation sites (N-methyl/N-ethyl adjacent to an activating group) is 2. The Morgan fingerprint density at radius 3 is 2.14 bits per heavy atom. The Hall–Kier alpha value is -0.610. The SMILES string of the molecule is CCCCCCCCCC(=O)N(C)CC[N+](C)(C)CCO. The summed E-state index contributed by atoms with van der Waals surface area (Å²) in [5, 5.41) is 9.00. The molecule has 0 saturated heterocycles. The van der Waals surface area contributed by atoms with Gasteiger partial charge in [0.2, 0.25) is 5.91 Å². The van der Waals surface area contributed by atoms with Crippen LogP contribution in [0, 0.1) is 0 Å². The first-order valence-corrected chi connectivity index (χ1v) is 8.59. The lowest BCUT2D eigenvalue weighted by Crippen LogP contribution is -2.47. The van der Waals surface area contributed by atoms with Crippen molar-refractivity contribution in [3.05, 3.63) is 0 Å². The number of carbonyl (C=O) groups excluding carboxylic acids is 1. The maximum Gasteiger partial charge on any atom is 0.222 e. The van der Waals surface area contributed by atoms with E-state index in [1.807, 2.05) is 11.9 Å². The highest BCUT2D eigenvalue weighted by Crippen LogP contribution is 2.09. The average molecular weight is 301 g/mol. The van der Waals surface area contributed by atoms with Crippen LogP contribution in [-0.4, -0.2) is 67.8 Å². The van der Waals surface area contributed by atoms with Gasteiger partial charge in [-0.15, -0.1) is 0 Å². The third-order valence-electron chi connectivity index (χ3n) is 4.17. The van der Waals surface area contributed by atoms with Crippen LogP contribution in [0.4, 0.5) is 0 Å². The molecule has 0 spiro atoms. The van der Waals surface area contributed by atoms with Gasteiger partial charge in [-0.2, -0.15) is 0 Å². The topological polar surface area (TPSA) is 40.5 Å². The monoisotopic (exact) mass is 301 g/mol. The number of quaternary nitrogens is 1. The molecular weight excluding hydrogens is 264 g/mol. The molecule has 0 heterocycles. The summed E-state index contributed by atoms with van der Waals surface area (Å²) in [4.78, 5) is 13.9. The second-order valence-corrected chi connectivity index (χ2v) is 6.79. The fourth-order valence-electron chi connectivity index (χ4n) is 2.35. The third-order valence-corrected chi connectivity index (χ3v) is 4.17. The summed E-state index contributed by atoms with van der Waals surface area (Å²) in [6.45, 7) is 4.82. The maximum atomic E-state index is 12.0. The van der Waals surface area contributed by atoms with Gasteiger partial charge >= 0.3 is 0 Å². The molecule has 0 aromatic carbocycles. The Labute approximate surface area is 131 Å². The molecule has 0 saturated carbocycles. The van der Waals surface area contributed by atoms with Crippen LogP contribution in [0.1, 0.15) is 58.3 Å². The van der Waals surface area contributed by atoms with Gasteiger partial charge in [-0.25, -0.2) is 0 Å². The van der Waals surface area contributed by atoms with Gasteiger partial charge in [0, 0.05) is 13.5 Å². The lowest BCUT2D eigenvalue weighted by Gasteiger charge is -2.31. The van der Waals surface area contributed by atoms with Crippen LogP contribution in [0.5, 0.6) is 0 Å². The zero-order valence-corrected chi connectivity index (χ0v) is 14.7. The van der Waals surface area contributed by atoms with E-state index in [0.29, 0.717) is 6.42 Å². The number of hydrogen-bond donors (Lipinski definition) is 1. The largest absolute Gasteiger partial charge is 0.391 e. The summed E-state index contributed by atoms with van der Waals surface area (Å²) in [5.41, 5.74) is 0. The van der Waals surface area contributed by atoms with Crippen LogP contribution in [0.3, 0.4) is 0 Å². The number of amides is 1. The number of carbonyl (C=O) groups is 1. The van der Waals surface area contributed by atoms with Gasteiger partial charge in [-0.3, -0.25) is 4.79 Å². The number of unbranched alkanes of at least 4 members (excludes halogenated alkanes) is 6. The van der Waals surface area contributed by atoms with Crippen molar-refractivity contribution in [1.29, 1.82) is 0 Å². The predicted octanol–water partition coefficient (Wildman–Crippen LogP) is 2.65. The molecule has 21 heavy (non-hydrogen) atoms. The van der Waals surface area contributed by atoms with Gasteiger partial charge in [0.1, 0.15) is 6.54 Å². The zero-order chi connectivity index (χ0) is 16.1. The van der Waals surface area contributed by atoms with Crippen molar-refractivity contribution in [3.63, 3.8) is 0 Å². The molecule has 0 aliphatic carbocycles. The van der Waals surface area contributed by atoms with E-state index in [0.717, 1.165) is 30.5 Å². The normalized spacial score (nSPS) is 11.7. The van der Waals surface area contributed by atoms with Gasteiger partial charge < -0.3 is 14.5 Å². The number of hydrogen-bond acceptors (Lipinski definition) is 2. The summed E-state index contributed by atoms with van der Waals surface area (Å²) in [5.74, 6) is 0.257. The molecular formula is C17H37N2O2+. The molecule has 0 unspecified atom stereocenters. The molecule has 0 aromatic rings. The minimum Gasteiger partial charge on any atom is -0.391 e. The highest BCUT2D eigenvalue weighted by atomic mass is 16.3. The molecule has 1 amide bonds. The van der Waals surface area contributed by atoms with Crippen LogP contribution in [0.15, 0.2) is 0 Å². The van der Waals surface area contributed by atoms with E-state index in [4.69, 9.17) is 5.11 Å². The highest BCUT2D eigenvalue weighted by molar-refractivity contribution is 5.75. The van der Waals surface area contributed by atoms with E-state index in [9.17, 15) is 4.79 Å². The molecule has 126 valence electrons. The van der Waals surface area contributed by atoms with Crippen molar-refractivity contribution >= 4 is 5.91 Å². The van der Waals surface area contributed by atoms with Crippen LogP contribution in [0.25, 0.3) is 0 Å². The summed E-state index contributed by atoms with van der Waals surface area (Å²) in [6, 6.07) is 0. The van der Waals surface area contributed by atoms with Gasteiger partial charge in [-0.1, -0.05) is 45.4 Å². The van der Waals surface area contributed by atoms with Gasteiger partial charge in [0.15, 0.2) is 0 Å². The summed E-state index contributed by atoms with van der Waals surface area (Å²) in [6.07, 6.45) is 9.40. The molecule has 0 radical (unpaired) electrons. The Morgan fingerprint density at radius 1 is 1.00 bits per heavy atom. The number of aliphatic hydroxyl groups is 1. The Morgan fingerprint density at radius 2 is 1.57 bits per heavy atom. The maximum absolute atomic E-state index is 12.0. The number of nitrogens with zero attached hydrogens (tertiary/aromatic N) is 2. The second kappa shape index (κ2) is 12.0. The fourth-order valence-corrected chi connectivity index (χ4v) is 2.35. The van der Waals surface area contributed by atoms with Gasteiger partial charge in [0.25, 0.3) is 0 Å². The standard InChI is InChI=1S/C17H37N2O2/c1-5-6-7-8-9-10-11-12-17(21)18(2)13-14-19(3,4)15-16-20/h20H,5-16H2,1-4H3/q+1. The van der Waals surface area contributed by atoms with Crippen molar-refractivity contribution < 1.29 is 14.4 Å². The first-order valence-electron chi connectivity index (χ1n) is 8.59. The van der Waals surface area contributed by atoms with Gasteiger partial charge in [-0.05, 0) is 6.42 Å². The van der Waals surface area contributed by atoms with E-state index in [2.05, 4.69) is 21.0 Å². The Bertz CT molecular complexity index is 268. The molecule has 0 bridgehead atoms. The minimum atomic E-state index is 0.197. The lowest BCUT2D eigenvalue weighted by molar-refractivity contribution is -0.890. The van der Waals surface area contributed by atoms with Gasteiger partial charge in [0.05, 0.1) is 33.8 Å². The summed E-state index contributed by atoms with van der Waals surface area (Å²) >= 11 is 0. The molecule has 0 rings (SSSR count). The molecule has 0 fully saturated rings. The summed E-state index contributed by atoms with van der Waals surface area (Å²) in [7, 11) is 6.07. The van der Waals surface area contributed by atoms with Crippen molar-refractivity contribution in [2.24, 2.45) is 0 Å². The molecule has 4 nitrogen and oxygen atoms in total. The van der Waals surface area contributed by atoms with Crippen LogP contribution in [0.2, 0.25) is 0 Å². The molecule has 4 heteroatoms. The van der Waals surface area contributed by atoms with Crippen LogP contribution in [-0.2, 0) is 4.79 Å². The second-order valence-electron chi connectivity index (χ2n) is 6.79. The van der Waals surface area contributed by atoms with E-state index < -0.39 is 0 Å². The van der Waals surface area contributed by atoms with Crippen molar-refractivity contribution in [2.75, 3.05) is 47.4 Å². The quantitative estimate of drug-likeness (QED) is 0.420. The van der Waals surface area contributed by atoms with Crippen molar-refractivity contribution in [1.82, 2.24) is 4.90 Å². The van der Waals surface area contributed by atoms with E-state index in [1.165, 1.54) is 38.5 Å². The molecule has 1 N–H and O–H groups in total. The summed E-state index contributed by atoms with van der Waals surface area (Å²) < 4.78 is 0.756. The van der Waals surface area contributed by atoms with Crippen LogP contribution >= 0.6 is 0 Å². The van der Waals surface area contributed by atoms with E-state index >= 15 is 0 Å². The van der Waals surface area contributed by atoms with Crippen molar-refractivity contribution in [3.8, 4) is 0 Å². The Balaban J connectivity index is 3.66. The predicted molar refractivity (Wildman–Crippen MR) is 89.2 cm³/mol. The third kappa shape index (κ3) is 11.7.